The number of nitrogens with one attached hydrogen (secondary N) is 2. The highest BCUT2D eigenvalue weighted by atomic mass is 16.5. The molecule has 1 fully saturated rings. The van der Waals surface area contributed by atoms with Crippen LogP contribution in [0.15, 0.2) is 29.3 Å². The molecule has 0 aliphatic carbocycles. The van der Waals surface area contributed by atoms with Crippen LogP contribution in [0.2, 0.25) is 0 Å². The maximum Gasteiger partial charge on any atom is 0.248 e. The Kier molecular flexibility index (Phi) is 9.23. The largest absolute Gasteiger partial charge is 0.379 e. The number of benzene rings is 1. The van der Waals surface area contributed by atoms with Crippen molar-refractivity contribution in [3.8, 4) is 0 Å². The van der Waals surface area contributed by atoms with Crippen LogP contribution in [-0.2, 0) is 11.3 Å². The monoisotopic (exact) mass is 389 g/mol. The molecule has 28 heavy (non-hydrogen) atoms. The van der Waals surface area contributed by atoms with E-state index in [-0.39, 0.29) is 0 Å². The second-order valence-electron chi connectivity index (χ2n) is 7.57. The quantitative estimate of drug-likeness (QED) is 0.441. The number of nitrogens with two attached hydrogens (primary N) is 1. The molecule has 1 saturated heterocycles. The van der Waals surface area contributed by atoms with Gasteiger partial charge in [-0.3, -0.25) is 9.69 Å². The van der Waals surface area contributed by atoms with Crippen molar-refractivity contribution >= 4 is 11.9 Å². The highest BCUT2D eigenvalue weighted by molar-refractivity contribution is 5.92. The Labute approximate surface area is 168 Å². The Hall–Kier alpha value is -2.12. The van der Waals surface area contributed by atoms with E-state index in [1.807, 2.05) is 12.1 Å². The summed E-state index contributed by atoms with van der Waals surface area (Å²) in [6.45, 7) is 12.4. The average Bonchev–Trinajstić information content (AvgIpc) is 2.69. The number of nitrogens with zero attached hydrogens (tertiary/aromatic N) is 2. The number of aliphatic imine (C=N–C) groups is 1. The summed E-state index contributed by atoms with van der Waals surface area (Å²) in [5, 5.41) is 6.82. The lowest BCUT2D eigenvalue weighted by atomic mass is 10.0. The zero-order chi connectivity index (χ0) is 20.4. The lowest BCUT2D eigenvalue weighted by Crippen LogP contribution is -2.51. The average molecular weight is 390 g/mol. The second kappa shape index (κ2) is 11.7. The third-order valence-electron chi connectivity index (χ3n) is 4.81. The topological polar surface area (TPSA) is 92.0 Å². The van der Waals surface area contributed by atoms with Crippen molar-refractivity contribution in [1.29, 1.82) is 0 Å². The van der Waals surface area contributed by atoms with Gasteiger partial charge in [-0.15, -0.1) is 0 Å². The molecule has 1 aromatic carbocycles. The smallest absolute Gasteiger partial charge is 0.248 e. The van der Waals surface area contributed by atoms with Crippen LogP contribution >= 0.6 is 0 Å². The molecule has 1 amide bonds. The number of morpholine rings is 1. The minimum atomic E-state index is -0.413. The van der Waals surface area contributed by atoms with E-state index in [2.05, 4.69) is 41.3 Å². The molecule has 0 aromatic heterocycles. The highest BCUT2D eigenvalue weighted by Crippen LogP contribution is 2.13. The van der Waals surface area contributed by atoms with Crippen molar-refractivity contribution in [1.82, 2.24) is 15.5 Å². The predicted octanol–water partition coefficient (Wildman–Crippen LogP) is 1.59. The summed E-state index contributed by atoms with van der Waals surface area (Å²) in [4.78, 5) is 18.4. The summed E-state index contributed by atoms with van der Waals surface area (Å²) in [6, 6.07) is 7.72. The van der Waals surface area contributed by atoms with Crippen LogP contribution in [0, 0.1) is 5.92 Å². The summed E-state index contributed by atoms with van der Waals surface area (Å²) in [5.41, 5.74) is 6.84. The number of carbonyl (C=O) groups is 1. The Bertz CT molecular complexity index is 624. The van der Waals surface area contributed by atoms with Gasteiger partial charge in [-0.1, -0.05) is 26.0 Å². The molecule has 1 atom stereocenters. The minimum Gasteiger partial charge on any atom is -0.379 e. The molecular formula is C21H35N5O2. The van der Waals surface area contributed by atoms with Crippen molar-refractivity contribution in [2.24, 2.45) is 16.6 Å². The van der Waals surface area contributed by atoms with E-state index >= 15 is 0 Å². The van der Waals surface area contributed by atoms with Crippen molar-refractivity contribution < 1.29 is 9.53 Å². The van der Waals surface area contributed by atoms with E-state index in [1.54, 1.807) is 12.1 Å². The molecule has 4 N–H and O–H groups in total. The van der Waals surface area contributed by atoms with E-state index in [0.717, 1.165) is 57.3 Å². The van der Waals surface area contributed by atoms with E-state index in [9.17, 15) is 4.79 Å². The first-order valence-corrected chi connectivity index (χ1v) is 10.2. The van der Waals surface area contributed by atoms with Crippen LogP contribution in [0.5, 0.6) is 0 Å². The third-order valence-corrected chi connectivity index (χ3v) is 4.81. The van der Waals surface area contributed by atoms with Crippen LogP contribution in [0.25, 0.3) is 0 Å². The summed E-state index contributed by atoms with van der Waals surface area (Å²) >= 11 is 0. The van der Waals surface area contributed by atoms with E-state index in [1.165, 1.54) is 0 Å². The molecule has 0 spiro atoms. The Morgan fingerprint density at radius 2 is 1.89 bits per heavy atom. The fourth-order valence-corrected chi connectivity index (χ4v) is 3.35. The molecule has 0 bridgehead atoms. The van der Waals surface area contributed by atoms with Gasteiger partial charge in [-0.2, -0.15) is 0 Å². The van der Waals surface area contributed by atoms with Gasteiger partial charge in [0.05, 0.1) is 19.8 Å². The number of hydrogen-bond acceptors (Lipinski definition) is 4. The molecule has 1 unspecified atom stereocenters. The molecule has 1 aliphatic rings. The van der Waals surface area contributed by atoms with Crippen molar-refractivity contribution in [2.45, 2.75) is 39.8 Å². The van der Waals surface area contributed by atoms with Crippen LogP contribution < -0.4 is 16.4 Å². The summed E-state index contributed by atoms with van der Waals surface area (Å²) in [6.07, 6.45) is 1.14. The van der Waals surface area contributed by atoms with Gasteiger partial charge < -0.3 is 21.1 Å². The number of rotatable bonds is 9. The van der Waals surface area contributed by atoms with Crippen LogP contribution in [-0.4, -0.2) is 62.2 Å². The van der Waals surface area contributed by atoms with Gasteiger partial charge >= 0.3 is 0 Å². The molecule has 7 nitrogen and oxygen atoms in total. The molecule has 156 valence electrons. The first-order valence-electron chi connectivity index (χ1n) is 10.2. The van der Waals surface area contributed by atoms with E-state index < -0.39 is 5.91 Å². The predicted molar refractivity (Wildman–Crippen MR) is 113 cm³/mol. The van der Waals surface area contributed by atoms with Crippen molar-refractivity contribution in [3.05, 3.63) is 35.4 Å². The lowest BCUT2D eigenvalue weighted by Gasteiger charge is -2.35. The SMILES string of the molecule is CCNC(=NCc1ccc(C(N)=O)cc1)NCC(CC(C)C)N1CCOCC1. The van der Waals surface area contributed by atoms with Crippen LogP contribution in [0.3, 0.4) is 0 Å². The Morgan fingerprint density at radius 3 is 2.46 bits per heavy atom. The number of primary amides is 1. The van der Waals surface area contributed by atoms with Gasteiger partial charge in [0.15, 0.2) is 5.96 Å². The molecule has 1 heterocycles. The zero-order valence-electron chi connectivity index (χ0n) is 17.4. The van der Waals surface area contributed by atoms with Gasteiger partial charge in [0.25, 0.3) is 0 Å². The molecule has 2 rings (SSSR count). The number of guanidine groups is 1. The zero-order valence-corrected chi connectivity index (χ0v) is 17.4. The number of carbonyl (C=O) groups excluding carboxylic acids is 1. The molecule has 1 aliphatic heterocycles. The highest BCUT2D eigenvalue weighted by Gasteiger charge is 2.22. The molecule has 1 aromatic rings. The normalized spacial score (nSPS) is 16.8. The molecule has 0 saturated carbocycles. The number of amides is 1. The number of ether oxygens (including phenoxy) is 1. The Morgan fingerprint density at radius 1 is 1.21 bits per heavy atom. The maximum atomic E-state index is 11.2. The van der Waals surface area contributed by atoms with Gasteiger partial charge in [0.1, 0.15) is 0 Å². The van der Waals surface area contributed by atoms with Crippen LogP contribution in [0.4, 0.5) is 0 Å². The second-order valence-corrected chi connectivity index (χ2v) is 7.57. The Balaban J connectivity index is 1.96. The fourth-order valence-electron chi connectivity index (χ4n) is 3.35. The third kappa shape index (κ3) is 7.48. The summed E-state index contributed by atoms with van der Waals surface area (Å²) in [5.74, 6) is 1.03. The molecular weight excluding hydrogens is 354 g/mol. The van der Waals surface area contributed by atoms with E-state index in [0.29, 0.717) is 24.1 Å². The van der Waals surface area contributed by atoms with Gasteiger partial charge in [-0.05, 0) is 37.0 Å². The van der Waals surface area contributed by atoms with Crippen molar-refractivity contribution in [2.75, 3.05) is 39.4 Å². The summed E-state index contributed by atoms with van der Waals surface area (Å²) in [7, 11) is 0. The van der Waals surface area contributed by atoms with E-state index in [4.69, 9.17) is 10.5 Å². The first-order chi connectivity index (χ1) is 13.5. The maximum absolute atomic E-state index is 11.2. The van der Waals surface area contributed by atoms with Crippen molar-refractivity contribution in [3.63, 3.8) is 0 Å². The molecule has 0 radical (unpaired) electrons. The van der Waals surface area contributed by atoms with Gasteiger partial charge in [0.2, 0.25) is 5.91 Å². The van der Waals surface area contributed by atoms with Gasteiger partial charge in [-0.25, -0.2) is 4.99 Å². The standard InChI is InChI=1S/C21H35N5O2/c1-4-23-21(24-14-17-5-7-18(8-6-17)20(22)27)25-15-19(13-16(2)3)26-9-11-28-12-10-26/h5-8,16,19H,4,9-15H2,1-3H3,(H2,22,27)(H2,23,24,25). The minimum absolute atomic E-state index is 0.413. The fraction of sp³-hybridized carbons (Fsp3) is 0.619. The summed E-state index contributed by atoms with van der Waals surface area (Å²) < 4.78 is 5.50. The van der Waals surface area contributed by atoms with Gasteiger partial charge in [0, 0.05) is 37.8 Å². The molecule has 7 heteroatoms. The number of hydrogen-bond donors (Lipinski definition) is 3. The van der Waals surface area contributed by atoms with Crippen LogP contribution in [0.1, 0.15) is 43.1 Å². The lowest BCUT2D eigenvalue weighted by molar-refractivity contribution is 0.0132. The first kappa shape index (κ1) is 22.2.